The molecule has 34 heavy (non-hydrogen) atoms. The van der Waals surface area contributed by atoms with E-state index >= 15 is 0 Å². The van der Waals surface area contributed by atoms with Gasteiger partial charge in [0.05, 0.1) is 36.0 Å². The molecule has 3 aromatic carbocycles. The summed E-state index contributed by atoms with van der Waals surface area (Å²) in [5.74, 6) is -0.848. The van der Waals surface area contributed by atoms with Gasteiger partial charge in [0.2, 0.25) is 0 Å². The molecule has 0 saturated heterocycles. The summed E-state index contributed by atoms with van der Waals surface area (Å²) in [5, 5.41) is 3.82. The summed E-state index contributed by atoms with van der Waals surface area (Å²) in [6.07, 6.45) is 1.04. The number of halogens is 2. The van der Waals surface area contributed by atoms with Crippen LogP contribution >= 0.6 is 11.6 Å². The fourth-order valence-corrected chi connectivity index (χ4v) is 4.64. The van der Waals surface area contributed by atoms with Gasteiger partial charge in [-0.2, -0.15) is 5.10 Å². The van der Waals surface area contributed by atoms with Crippen LogP contribution in [0.4, 0.5) is 10.1 Å². The number of anilines is 1. The van der Waals surface area contributed by atoms with Gasteiger partial charge >= 0.3 is 0 Å². The number of sulfonamides is 1. The number of hydrogen-bond donors (Lipinski definition) is 1. The SMILES string of the molecule is COc1ccc(OC)c(N(CC(=O)N/N=C\c2c(F)cccc2Cl)S(=O)(=O)c2ccccc2)c1. The van der Waals surface area contributed by atoms with Crippen molar-refractivity contribution in [2.45, 2.75) is 4.90 Å². The summed E-state index contributed by atoms with van der Waals surface area (Å²) < 4.78 is 52.3. The largest absolute Gasteiger partial charge is 0.497 e. The number of methoxy groups -OCH3 is 2. The van der Waals surface area contributed by atoms with Crippen LogP contribution in [0.5, 0.6) is 11.5 Å². The van der Waals surface area contributed by atoms with Gasteiger partial charge in [0.25, 0.3) is 15.9 Å². The Bertz CT molecular complexity index is 1280. The topological polar surface area (TPSA) is 97.3 Å². The molecule has 0 aliphatic carbocycles. The molecule has 1 N–H and O–H groups in total. The van der Waals surface area contributed by atoms with E-state index < -0.39 is 28.3 Å². The van der Waals surface area contributed by atoms with E-state index in [2.05, 4.69) is 10.5 Å². The lowest BCUT2D eigenvalue weighted by atomic mass is 10.2. The lowest BCUT2D eigenvalue weighted by molar-refractivity contribution is -0.119. The molecule has 0 unspecified atom stereocenters. The zero-order chi connectivity index (χ0) is 24.7. The third kappa shape index (κ3) is 5.64. The van der Waals surface area contributed by atoms with Crippen LogP contribution in [0.2, 0.25) is 5.02 Å². The van der Waals surface area contributed by atoms with Gasteiger partial charge in [-0.25, -0.2) is 18.2 Å². The Balaban J connectivity index is 1.95. The second-order valence-corrected chi connectivity index (χ2v) is 9.06. The highest BCUT2D eigenvalue weighted by Gasteiger charge is 2.29. The van der Waals surface area contributed by atoms with Gasteiger partial charge in [-0.05, 0) is 36.4 Å². The average Bonchev–Trinajstić information content (AvgIpc) is 2.84. The minimum Gasteiger partial charge on any atom is -0.497 e. The summed E-state index contributed by atoms with van der Waals surface area (Å²) in [7, 11) is -1.39. The molecule has 0 atom stereocenters. The van der Waals surface area contributed by atoms with Gasteiger partial charge in [-0.1, -0.05) is 35.9 Å². The molecular weight excluding hydrogens is 485 g/mol. The van der Waals surface area contributed by atoms with Gasteiger partial charge < -0.3 is 9.47 Å². The van der Waals surface area contributed by atoms with Crippen molar-refractivity contribution in [2.24, 2.45) is 5.10 Å². The Morgan fingerprint density at radius 3 is 2.47 bits per heavy atom. The van der Waals surface area contributed by atoms with E-state index in [1.165, 1.54) is 56.7 Å². The lowest BCUT2D eigenvalue weighted by Crippen LogP contribution is -2.39. The van der Waals surface area contributed by atoms with Crippen LogP contribution in [0.3, 0.4) is 0 Å². The second-order valence-electron chi connectivity index (χ2n) is 6.79. The smallest absolute Gasteiger partial charge is 0.264 e. The maximum absolute atomic E-state index is 13.9. The van der Waals surface area contributed by atoms with E-state index in [4.69, 9.17) is 21.1 Å². The predicted molar refractivity (Wildman–Crippen MR) is 128 cm³/mol. The van der Waals surface area contributed by atoms with Gasteiger partial charge in [0.15, 0.2) is 0 Å². The Hall–Kier alpha value is -3.63. The highest BCUT2D eigenvalue weighted by Crippen LogP contribution is 2.35. The summed E-state index contributed by atoms with van der Waals surface area (Å²) >= 11 is 5.94. The van der Waals surface area contributed by atoms with Crippen LogP contribution in [0.1, 0.15) is 5.56 Å². The maximum atomic E-state index is 13.9. The molecule has 0 bridgehead atoms. The number of benzene rings is 3. The Morgan fingerprint density at radius 2 is 1.82 bits per heavy atom. The highest BCUT2D eigenvalue weighted by atomic mass is 35.5. The molecular formula is C23H21ClFN3O5S. The molecule has 1 amide bonds. The van der Waals surface area contributed by atoms with E-state index in [-0.39, 0.29) is 26.9 Å². The van der Waals surface area contributed by atoms with E-state index in [1.807, 2.05) is 0 Å². The molecule has 3 aromatic rings. The lowest BCUT2D eigenvalue weighted by Gasteiger charge is -2.25. The van der Waals surface area contributed by atoms with Crippen LogP contribution in [0.15, 0.2) is 76.7 Å². The highest BCUT2D eigenvalue weighted by molar-refractivity contribution is 7.92. The molecule has 0 spiro atoms. The van der Waals surface area contributed by atoms with Gasteiger partial charge in [-0.15, -0.1) is 0 Å². The summed E-state index contributed by atoms with van der Waals surface area (Å²) in [5.41, 5.74) is 2.27. The first-order chi connectivity index (χ1) is 16.3. The van der Waals surface area contributed by atoms with Gasteiger partial charge in [0, 0.05) is 11.6 Å². The monoisotopic (exact) mass is 505 g/mol. The van der Waals surface area contributed by atoms with E-state index in [9.17, 15) is 17.6 Å². The minimum absolute atomic E-state index is 0.0207. The molecule has 0 aliphatic heterocycles. The van der Waals surface area contributed by atoms with Crippen molar-refractivity contribution in [1.82, 2.24) is 5.43 Å². The fraction of sp³-hybridized carbons (Fsp3) is 0.130. The third-order valence-corrected chi connectivity index (χ3v) is 6.76. The van der Waals surface area contributed by atoms with Gasteiger partial charge in [0.1, 0.15) is 23.9 Å². The Morgan fingerprint density at radius 1 is 1.09 bits per heavy atom. The first kappa shape index (κ1) is 25.0. The van der Waals surface area contributed by atoms with Crippen molar-refractivity contribution in [3.63, 3.8) is 0 Å². The molecule has 178 valence electrons. The van der Waals surface area contributed by atoms with Crippen LogP contribution in [-0.2, 0) is 14.8 Å². The second kappa shape index (κ2) is 11.0. The van der Waals surface area contributed by atoms with Gasteiger partial charge in [-0.3, -0.25) is 9.10 Å². The van der Waals surface area contributed by atoms with Crippen LogP contribution in [0.25, 0.3) is 0 Å². The minimum atomic E-state index is -4.19. The van der Waals surface area contributed by atoms with Crippen molar-refractivity contribution < 1.29 is 27.1 Å². The molecule has 0 aliphatic rings. The van der Waals surface area contributed by atoms with E-state index in [0.29, 0.717) is 5.75 Å². The van der Waals surface area contributed by atoms with Crippen molar-refractivity contribution in [3.05, 3.63) is 83.1 Å². The quantitative estimate of drug-likeness (QED) is 0.352. The number of nitrogens with zero attached hydrogens (tertiary/aromatic N) is 2. The number of ether oxygens (including phenoxy) is 2. The first-order valence-corrected chi connectivity index (χ1v) is 11.7. The molecule has 0 radical (unpaired) electrons. The number of carbonyl (C=O) groups is 1. The standard InChI is InChI=1S/C23H21ClFN3O5S/c1-32-16-11-12-22(33-2)21(13-16)28(34(30,31)17-7-4-3-5-8-17)15-23(29)27-26-14-18-19(24)9-6-10-20(18)25/h3-14H,15H2,1-2H3,(H,27,29)/b26-14-. The summed E-state index contributed by atoms with van der Waals surface area (Å²) in [6.45, 7) is -0.650. The third-order valence-electron chi connectivity index (χ3n) is 4.66. The number of rotatable bonds is 9. The molecule has 0 aromatic heterocycles. The molecule has 8 nitrogen and oxygen atoms in total. The molecule has 0 fully saturated rings. The number of hydrogen-bond acceptors (Lipinski definition) is 6. The molecule has 11 heteroatoms. The molecule has 0 heterocycles. The Kier molecular flexibility index (Phi) is 8.08. The fourth-order valence-electron chi connectivity index (χ4n) is 2.98. The van der Waals surface area contributed by atoms with Crippen molar-refractivity contribution >= 4 is 39.4 Å². The van der Waals surface area contributed by atoms with E-state index in [1.54, 1.807) is 24.3 Å². The number of amides is 1. The molecule has 0 saturated carbocycles. The number of nitrogens with one attached hydrogen (secondary N) is 1. The summed E-state index contributed by atoms with van der Waals surface area (Å²) in [4.78, 5) is 12.7. The summed E-state index contributed by atoms with van der Waals surface area (Å²) in [6, 6.07) is 16.3. The molecule has 3 rings (SSSR count). The number of hydrazone groups is 1. The Labute approximate surface area is 201 Å². The number of carbonyl (C=O) groups excluding carboxylic acids is 1. The zero-order valence-electron chi connectivity index (χ0n) is 18.2. The van der Waals surface area contributed by atoms with Crippen molar-refractivity contribution in [1.29, 1.82) is 0 Å². The predicted octanol–water partition coefficient (Wildman–Crippen LogP) is 3.84. The average molecular weight is 506 g/mol. The maximum Gasteiger partial charge on any atom is 0.264 e. The van der Waals surface area contributed by atoms with Crippen LogP contribution in [-0.4, -0.2) is 41.3 Å². The van der Waals surface area contributed by atoms with Crippen molar-refractivity contribution in [2.75, 3.05) is 25.1 Å². The first-order valence-electron chi connectivity index (χ1n) is 9.83. The van der Waals surface area contributed by atoms with Crippen LogP contribution < -0.4 is 19.2 Å². The van der Waals surface area contributed by atoms with Crippen molar-refractivity contribution in [3.8, 4) is 11.5 Å². The zero-order valence-corrected chi connectivity index (χ0v) is 19.8. The normalized spacial score (nSPS) is 11.3. The van der Waals surface area contributed by atoms with E-state index in [0.717, 1.165) is 10.5 Å². The van der Waals surface area contributed by atoms with Crippen LogP contribution in [0, 0.1) is 5.82 Å².